The van der Waals surface area contributed by atoms with Crippen LogP contribution in [0.1, 0.15) is 19.0 Å². The molecule has 0 saturated heterocycles. The quantitative estimate of drug-likeness (QED) is 0.666. The summed E-state index contributed by atoms with van der Waals surface area (Å²) in [6.45, 7) is 3.32. The Morgan fingerprint density at radius 2 is 2.04 bits per heavy atom. The molecule has 0 aliphatic heterocycles. The topological polar surface area (TPSA) is 131 Å². The summed E-state index contributed by atoms with van der Waals surface area (Å²) in [6, 6.07) is 2.81. The van der Waals surface area contributed by atoms with Gasteiger partial charge in [0.05, 0.1) is 10.6 Å². The van der Waals surface area contributed by atoms with Crippen LogP contribution < -0.4 is 16.4 Å². The molecule has 2 rings (SSSR count). The number of carbonyl (C=O) groups is 2. The summed E-state index contributed by atoms with van der Waals surface area (Å²) >= 11 is 1.11. The highest BCUT2D eigenvalue weighted by atomic mass is 32.2. The predicted molar refractivity (Wildman–Crippen MR) is 101 cm³/mol. The maximum atomic E-state index is 14.1. The first-order valence-electron chi connectivity index (χ1n) is 7.80. The van der Waals surface area contributed by atoms with Gasteiger partial charge in [0, 0.05) is 18.7 Å². The Kier molecular flexibility index (Phi) is 6.16. The van der Waals surface area contributed by atoms with Gasteiger partial charge in [0.25, 0.3) is 0 Å². The maximum Gasteiger partial charge on any atom is 0.321 e. The number of nitrogens with two attached hydrogens (primary N) is 1. The average Bonchev–Trinajstić information content (AvgIpc) is 2.84. The fraction of sp³-hybridized carbons (Fsp3) is 0.312. The molecule has 11 heteroatoms. The lowest BCUT2D eigenvalue weighted by Gasteiger charge is -2.11. The van der Waals surface area contributed by atoms with E-state index in [4.69, 9.17) is 5.73 Å². The van der Waals surface area contributed by atoms with E-state index in [1.165, 1.54) is 12.1 Å². The van der Waals surface area contributed by atoms with Gasteiger partial charge in [0.1, 0.15) is 10.7 Å². The van der Waals surface area contributed by atoms with Gasteiger partial charge in [-0.05, 0) is 31.5 Å². The molecule has 2 aromatic rings. The van der Waals surface area contributed by atoms with E-state index in [2.05, 4.69) is 15.6 Å². The van der Waals surface area contributed by atoms with Gasteiger partial charge in [0.15, 0.2) is 15.0 Å². The summed E-state index contributed by atoms with van der Waals surface area (Å²) < 4.78 is 37.1. The first-order chi connectivity index (χ1) is 12.5. The van der Waals surface area contributed by atoms with Crippen molar-refractivity contribution < 1.29 is 22.4 Å². The van der Waals surface area contributed by atoms with Crippen LogP contribution in [0.2, 0.25) is 0 Å². The third-order valence-corrected chi connectivity index (χ3v) is 5.75. The second-order valence-corrected chi connectivity index (χ2v) is 9.00. The third kappa shape index (κ3) is 5.47. The largest absolute Gasteiger partial charge is 0.370 e. The van der Waals surface area contributed by atoms with Crippen LogP contribution in [0.25, 0.3) is 10.4 Å². The number of halogens is 1. The fourth-order valence-electron chi connectivity index (χ4n) is 2.37. The number of benzene rings is 1. The fourth-order valence-corrected chi connectivity index (χ4v) is 4.06. The van der Waals surface area contributed by atoms with Gasteiger partial charge in [-0.3, -0.25) is 10.1 Å². The first-order valence-corrected chi connectivity index (χ1v) is 10.5. The van der Waals surface area contributed by atoms with Crippen molar-refractivity contribution >= 4 is 38.2 Å². The molecule has 3 amide bonds. The van der Waals surface area contributed by atoms with Crippen molar-refractivity contribution in [1.29, 1.82) is 0 Å². The molecule has 27 heavy (non-hydrogen) atoms. The minimum atomic E-state index is -3.66. The molecule has 0 radical (unpaired) electrons. The van der Waals surface area contributed by atoms with Crippen molar-refractivity contribution in [2.24, 2.45) is 5.73 Å². The number of hydrogen-bond acceptors (Lipinski definition) is 6. The van der Waals surface area contributed by atoms with Crippen molar-refractivity contribution in [1.82, 2.24) is 10.3 Å². The van der Waals surface area contributed by atoms with E-state index < -0.39 is 33.6 Å². The Bertz CT molecular complexity index is 988. The summed E-state index contributed by atoms with van der Waals surface area (Å²) in [4.78, 5) is 27.2. The molecule has 0 spiro atoms. The van der Waals surface area contributed by atoms with Crippen LogP contribution in [-0.4, -0.2) is 37.6 Å². The molecular formula is C16H19FN4O4S2. The van der Waals surface area contributed by atoms with E-state index in [1.54, 1.807) is 13.8 Å². The van der Waals surface area contributed by atoms with E-state index in [-0.39, 0.29) is 16.4 Å². The van der Waals surface area contributed by atoms with Crippen molar-refractivity contribution in [2.75, 3.05) is 11.6 Å². The molecule has 1 unspecified atom stereocenters. The Morgan fingerprint density at radius 1 is 1.37 bits per heavy atom. The van der Waals surface area contributed by atoms with Crippen LogP contribution in [0.5, 0.6) is 0 Å². The van der Waals surface area contributed by atoms with Gasteiger partial charge in [-0.25, -0.2) is 22.6 Å². The highest BCUT2D eigenvalue weighted by Gasteiger charge is 2.18. The number of rotatable bonds is 6. The van der Waals surface area contributed by atoms with Crippen molar-refractivity contribution in [2.45, 2.75) is 31.2 Å². The first kappa shape index (κ1) is 20.8. The number of anilines is 1. The normalized spacial score (nSPS) is 12.4. The van der Waals surface area contributed by atoms with E-state index in [1.807, 2.05) is 0 Å². The lowest BCUT2D eigenvalue weighted by Crippen LogP contribution is -2.38. The second kappa shape index (κ2) is 8.01. The van der Waals surface area contributed by atoms with E-state index >= 15 is 0 Å². The van der Waals surface area contributed by atoms with Crippen molar-refractivity contribution in [3.63, 3.8) is 0 Å². The molecule has 1 heterocycles. The standard InChI is InChI=1S/C16H19FN4O4S2/c1-8(6-13(18)22)19-15(23)21-16-20-9(2)14(26-16)10-4-5-12(11(17)7-10)27(3,24)25/h4-5,7-8H,6H2,1-3H3,(H2,18,22)(H2,19,20,21,23). The minimum Gasteiger partial charge on any atom is -0.370 e. The molecule has 4 N–H and O–H groups in total. The number of nitrogens with zero attached hydrogens (tertiary/aromatic N) is 1. The van der Waals surface area contributed by atoms with Crippen LogP contribution >= 0.6 is 11.3 Å². The number of carbonyl (C=O) groups excluding carboxylic acids is 2. The SMILES string of the molecule is Cc1nc(NC(=O)NC(C)CC(N)=O)sc1-c1ccc(S(C)(=O)=O)c(F)c1. The van der Waals surface area contributed by atoms with E-state index in [0.29, 0.717) is 16.1 Å². The van der Waals surface area contributed by atoms with E-state index in [0.717, 1.165) is 23.7 Å². The molecule has 0 saturated carbocycles. The molecular weight excluding hydrogens is 395 g/mol. The van der Waals surface area contributed by atoms with Gasteiger partial charge >= 0.3 is 6.03 Å². The van der Waals surface area contributed by atoms with Gasteiger partial charge in [-0.2, -0.15) is 0 Å². The summed E-state index contributed by atoms with van der Waals surface area (Å²) in [5, 5.41) is 5.37. The number of sulfone groups is 1. The number of amides is 3. The van der Waals surface area contributed by atoms with Crippen molar-refractivity contribution in [3.05, 3.63) is 29.7 Å². The van der Waals surface area contributed by atoms with Gasteiger partial charge in [-0.1, -0.05) is 17.4 Å². The third-order valence-electron chi connectivity index (χ3n) is 3.50. The molecule has 1 aromatic heterocycles. The Hall–Kier alpha value is -2.53. The summed E-state index contributed by atoms with van der Waals surface area (Å²) in [5.74, 6) is -1.38. The molecule has 0 aliphatic rings. The molecule has 146 valence electrons. The smallest absolute Gasteiger partial charge is 0.321 e. The highest BCUT2D eigenvalue weighted by molar-refractivity contribution is 7.90. The number of urea groups is 1. The summed E-state index contributed by atoms with van der Waals surface area (Å²) in [7, 11) is -3.66. The number of nitrogens with one attached hydrogen (secondary N) is 2. The molecule has 0 fully saturated rings. The van der Waals surface area contributed by atoms with Gasteiger partial charge < -0.3 is 11.1 Å². The lowest BCUT2D eigenvalue weighted by atomic mass is 10.1. The van der Waals surface area contributed by atoms with Crippen LogP contribution in [0.15, 0.2) is 23.1 Å². The summed E-state index contributed by atoms with van der Waals surface area (Å²) in [6.07, 6.45) is 0.935. The molecule has 1 aromatic carbocycles. The highest BCUT2D eigenvalue weighted by Crippen LogP contribution is 2.34. The molecule has 0 bridgehead atoms. The van der Waals surface area contributed by atoms with Crippen LogP contribution in [0, 0.1) is 12.7 Å². The van der Waals surface area contributed by atoms with Gasteiger partial charge in [0.2, 0.25) is 5.91 Å². The molecule has 1 atom stereocenters. The van der Waals surface area contributed by atoms with Crippen LogP contribution in [0.3, 0.4) is 0 Å². The number of primary amides is 1. The van der Waals surface area contributed by atoms with Crippen LogP contribution in [-0.2, 0) is 14.6 Å². The second-order valence-electron chi connectivity index (χ2n) is 6.02. The number of aromatic nitrogens is 1. The zero-order valence-electron chi connectivity index (χ0n) is 14.9. The number of thiazole rings is 1. The number of hydrogen-bond donors (Lipinski definition) is 3. The Morgan fingerprint density at radius 3 is 2.59 bits per heavy atom. The monoisotopic (exact) mass is 414 g/mol. The zero-order chi connectivity index (χ0) is 20.4. The summed E-state index contributed by atoms with van der Waals surface area (Å²) in [5.41, 5.74) is 6.07. The average molecular weight is 414 g/mol. The molecule has 8 nitrogen and oxygen atoms in total. The van der Waals surface area contributed by atoms with Crippen LogP contribution in [0.4, 0.5) is 14.3 Å². The minimum absolute atomic E-state index is 0.00152. The van der Waals surface area contributed by atoms with Crippen molar-refractivity contribution in [3.8, 4) is 10.4 Å². The van der Waals surface area contributed by atoms with E-state index in [9.17, 15) is 22.4 Å². The van der Waals surface area contributed by atoms with Gasteiger partial charge in [-0.15, -0.1) is 0 Å². The lowest BCUT2D eigenvalue weighted by molar-refractivity contribution is -0.118. The maximum absolute atomic E-state index is 14.1. The Balaban J connectivity index is 2.18. The molecule has 0 aliphatic carbocycles. The number of aryl methyl sites for hydroxylation is 1. The zero-order valence-corrected chi connectivity index (χ0v) is 16.5. The predicted octanol–water partition coefficient (Wildman–Crippen LogP) is 2.05. The Labute approximate surface area is 159 Å².